The maximum absolute atomic E-state index is 12.0. The molecule has 0 bridgehead atoms. The van der Waals surface area contributed by atoms with Crippen molar-refractivity contribution >= 4 is 11.6 Å². The zero-order valence-electron chi connectivity index (χ0n) is 11.8. The number of nitrogen functional groups attached to an aromatic ring is 1. The average molecular weight is 266 g/mol. The Kier molecular flexibility index (Phi) is 4.09. The number of hydrogen-bond acceptors (Lipinski definition) is 4. The Hall–Kier alpha value is -1.56. The predicted octanol–water partition coefficient (Wildman–Crippen LogP) is 0.766. The van der Waals surface area contributed by atoms with Crippen LogP contribution in [0.3, 0.4) is 0 Å². The van der Waals surface area contributed by atoms with E-state index >= 15 is 0 Å². The number of aryl methyl sites for hydroxylation is 1. The summed E-state index contributed by atoms with van der Waals surface area (Å²) in [6, 6.07) is 0.0318. The van der Waals surface area contributed by atoms with Gasteiger partial charge in [0, 0.05) is 6.61 Å². The third-order valence-electron chi connectivity index (χ3n) is 3.64. The van der Waals surface area contributed by atoms with Gasteiger partial charge in [-0.25, -0.2) is 0 Å². The lowest BCUT2D eigenvalue weighted by molar-refractivity contribution is -0.123. The highest BCUT2D eigenvalue weighted by Crippen LogP contribution is 2.16. The summed E-state index contributed by atoms with van der Waals surface area (Å²) in [5.74, 6) is -0.0615. The van der Waals surface area contributed by atoms with E-state index in [2.05, 4.69) is 10.4 Å². The molecule has 1 aromatic heterocycles. The third kappa shape index (κ3) is 3.07. The van der Waals surface area contributed by atoms with Gasteiger partial charge in [0.05, 0.1) is 29.2 Å². The van der Waals surface area contributed by atoms with Gasteiger partial charge in [0.15, 0.2) is 0 Å². The first-order chi connectivity index (χ1) is 8.99. The molecule has 2 unspecified atom stereocenters. The van der Waals surface area contributed by atoms with Crippen molar-refractivity contribution in [1.29, 1.82) is 0 Å². The fourth-order valence-electron chi connectivity index (χ4n) is 2.39. The monoisotopic (exact) mass is 266 g/mol. The van der Waals surface area contributed by atoms with Gasteiger partial charge < -0.3 is 15.8 Å². The van der Waals surface area contributed by atoms with Crippen LogP contribution in [0.5, 0.6) is 0 Å². The van der Waals surface area contributed by atoms with Gasteiger partial charge >= 0.3 is 0 Å². The fourth-order valence-corrected chi connectivity index (χ4v) is 2.39. The topological polar surface area (TPSA) is 82.2 Å². The molecule has 3 N–H and O–H groups in total. The van der Waals surface area contributed by atoms with Crippen molar-refractivity contribution in [3.8, 4) is 0 Å². The molecular weight excluding hydrogens is 244 g/mol. The van der Waals surface area contributed by atoms with Crippen LogP contribution in [0.2, 0.25) is 0 Å². The third-order valence-corrected chi connectivity index (χ3v) is 3.64. The highest BCUT2D eigenvalue weighted by Gasteiger charge is 2.24. The first-order valence-electron chi connectivity index (χ1n) is 6.69. The van der Waals surface area contributed by atoms with Crippen LogP contribution in [0, 0.1) is 13.8 Å². The number of anilines is 1. The van der Waals surface area contributed by atoms with E-state index in [9.17, 15) is 4.79 Å². The van der Waals surface area contributed by atoms with Gasteiger partial charge in [-0.05, 0) is 33.6 Å². The maximum Gasteiger partial charge on any atom is 0.242 e. The standard InChI is InChI=1S/C13H22N4O2/c1-8(11-5-4-6-19-11)15-12(18)7-17-10(3)13(14)9(2)16-17/h8,11H,4-7,14H2,1-3H3,(H,15,18). The minimum atomic E-state index is -0.0615. The minimum Gasteiger partial charge on any atom is -0.396 e. The van der Waals surface area contributed by atoms with Crippen molar-refractivity contribution in [2.75, 3.05) is 12.3 Å². The van der Waals surface area contributed by atoms with Crippen molar-refractivity contribution in [3.63, 3.8) is 0 Å². The lowest BCUT2D eigenvalue weighted by atomic mass is 10.1. The van der Waals surface area contributed by atoms with Gasteiger partial charge in [0.1, 0.15) is 6.54 Å². The summed E-state index contributed by atoms with van der Waals surface area (Å²) in [7, 11) is 0. The molecule has 1 aromatic rings. The highest BCUT2D eigenvalue weighted by molar-refractivity contribution is 5.76. The van der Waals surface area contributed by atoms with Crippen molar-refractivity contribution < 1.29 is 9.53 Å². The predicted molar refractivity (Wildman–Crippen MR) is 72.7 cm³/mol. The smallest absolute Gasteiger partial charge is 0.242 e. The molecule has 1 fully saturated rings. The number of nitrogens with one attached hydrogen (secondary N) is 1. The molecule has 0 aromatic carbocycles. The second kappa shape index (κ2) is 5.61. The Labute approximate surface area is 113 Å². The SMILES string of the molecule is Cc1nn(CC(=O)NC(C)C2CCCO2)c(C)c1N. The molecule has 1 amide bonds. The Morgan fingerprint density at radius 1 is 1.63 bits per heavy atom. The normalized spacial score (nSPS) is 20.5. The zero-order valence-corrected chi connectivity index (χ0v) is 11.8. The van der Waals surface area contributed by atoms with Crippen LogP contribution in [-0.2, 0) is 16.1 Å². The van der Waals surface area contributed by atoms with Crippen molar-refractivity contribution in [2.45, 2.75) is 52.3 Å². The number of rotatable bonds is 4. The molecule has 0 radical (unpaired) electrons. The Morgan fingerprint density at radius 2 is 2.37 bits per heavy atom. The molecule has 0 saturated carbocycles. The lowest BCUT2D eigenvalue weighted by Gasteiger charge is -2.20. The highest BCUT2D eigenvalue weighted by atomic mass is 16.5. The number of carbonyl (C=O) groups excluding carboxylic acids is 1. The number of nitrogens with two attached hydrogens (primary N) is 1. The summed E-state index contributed by atoms with van der Waals surface area (Å²) in [5.41, 5.74) is 8.09. The van der Waals surface area contributed by atoms with Crippen LogP contribution < -0.4 is 11.1 Å². The molecule has 2 atom stereocenters. The quantitative estimate of drug-likeness (QED) is 0.843. The van der Waals surface area contributed by atoms with Gasteiger partial charge in [-0.15, -0.1) is 0 Å². The van der Waals surface area contributed by atoms with E-state index in [1.54, 1.807) is 4.68 Å². The van der Waals surface area contributed by atoms with Gasteiger partial charge in [0.25, 0.3) is 0 Å². The summed E-state index contributed by atoms with van der Waals surface area (Å²) in [6.45, 7) is 6.67. The van der Waals surface area contributed by atoms with Crippen molar-refractivity contribution in [1.82, 2.24) is 15.1 Å². The lowest BCUT2D eigenvalue weighted by Crippen LogP contribution is -2.42. The molecule has 1 aliphatic heterocycles. The minimum absolute atomic E-state index is 0.0318. The van der Waals surface area contributed by atoms with Gasteiger partial charge in [0.2, 0.25) is 5.91 Å². The summed E-state index contributed by atoms with van der Waals surface area (Å²) in [4.78, 5) is 12.0. The molecule has 0 spiro atoms. The molecule has 106 valence electrons. The van der Waals surface area contributed by atoms with E-state index in [1.807, 2.05) is 20.8 Å². The second-order valence-electron chi connectivity index (χ2n) is 5.15. The van der Waals surface area contributed by atoms with Crippen LogP contribution in [0.25, 0.3) is 0 Å². The van der Waals surface area contributed by atoms with Gasteiger partial charge in [-0.1, -0.05) is 0 Å². The fraction of sp³-hybridized carbons (Fsp3) is 0.692. The van der Waals surface area contributed by atoms with E-state index in [-0.39, 0.29) is 24.6 Å². The number of hydrogen-bond donors (Lipinski definition) is 2. The van der Waals surface area contributed by atoms with Crippen LogP contribution >= 0.6 is 0 Å². The molecule has 2 rings (SSSR count). The van der Waals surface area contributed by atoms with Crippen LogP contribution in [0.1, 0.15) is 31.2 Å². The molecule has 0 aliphatic carbocycles. The molecular formula is C13H22N4O2. The molecule has 6 nitrogen and oxygen atoms in total. The van der Waals surface area contributed by atoms with E-state index < -0.39 is 0 Å². The zero-order chi connectivity index (χ0) is 14.0. The summed E-state index contributed by atoms with van der Waals surface area (Å²) < 4.78 is 7.20. The molecule has 1 aliphatic rings. The first-order valence-corrected chi connectivity index (χ1v) is 6.69. The molecule has 19 heavy (non-hydrogen) atoms. The van der Waals surface area contributed by atoms with E-state index in [1.165, 1.54) is 0 Å². The summed E-state index contributed by atoms with van der Waals surface area (Å²) in [5, 5.41) is 7.21. The Balaban J connectivity index is 1.91. The van der Waals surface area contributed by atoms with E-state index in [4.69, 9.17) is 10.5 Å². The molecule has 6 heteroatoms. The van der Waals surface area contributed by atoms with E-state index in [0.29, 0.717) is 5.69 Å². The second-order valence-corrected chi connectivity index (χ2v) is 5.15. The van der Waals surface area contributed by atoms with Gasteiger partial charge in [-0.3, -0.25) is 9.48 Å². The van der Waals surface area contributed by atoms with Crippen LogP contribution in [0.4, 0.5) is 5.69 Å². The number of aromatic nitrogens is 2. The van der Waals surface area contributed by atoms with Crippen molar-refractivity contribution in [3.05, 3.63) is 11.4 Å². The van der Waals surface area contributed by atoms with Crippen LogP contribution in [0.15, 0.2) is 0 Å². The first kappa shape index (κ1) is 13.9. The number of nitrogens with zero attached hydrogens (tertiary/aromatic N) is 2. The van der Waals surface area contributed by atoms with E-state index in [0.717, 1.165) is 30.8 Å². The Bertz CT molecular complexity index is 463. The van der Waals surface area contributed by atoms with Gasteiger partial charge in [-0.2, -0.15) is 5.10 Å². The maximum atomic E-state index is 12.0. The number of ether oxygens (including phenoxy) is 1. The molecule has 1 saturated heterocycles. The Morgan fingerprint density at radius 3 is 2.89 bits per heavy atom. The number of carbonyl (C=O) groups is 1. The molecule has 2 heterocycles. The largest absolute Gasteiger partial charge is 0.396 e. The number of amides is 1. The van der Waals surface area contributed by atoms with Crippen molar-refractivity contribution in [2.24, 2.45) is 0 Å². The van der Waals surface area contributed by atoms with Crippen LogP contribution in [-0.4, -0.2) is 34.4 Å². The average Bonchev–Trinajstić information content (AvgIpc) is 2.96. The summed E-state index contributed by atoms with van der Waals surface area (Å²) >= 11 is 0. The summed E-state index contributed by atoms with van der Waals surface area (Å²) in [6.07, 6.45) is 2.21.